The Labute approximate surface area is 169 Å². The van der Waals surface area contributed by atoms with Gasteiger partial charge in [-0.3, -0.25) is 14.7 Å². The minimum atomic E-state index is -0.127. The van der Waals surface area contributed by atoms with Crippen molar-refractivity contribution >= 4 is 56.2 Å². The molecule has 1 amide bonds. The van der Waals surface area contributed by atoms with Crippen LogP contribution in [-0.2, 0) is 11.3 Å². The lowest BCUT2D eigenvalue weighted by Crippen LogP contribution is -2.27. The standard InChI is InChI=1S/C18H15BrN2O3S2/c1-23-14-8-15(24-2)13(19)6-12(14)7-16-17(22)21(18(25)26-16)10-11-4-3-5-20-9-11/h3-9H,10H2,1-2H3. The molecular formula is C18H15BrN2O3S2. The number of carbonyl (C=O) groups is 1. The first kappa shape index (κ1) is 18.9. The van der Waals surface area contributed by atoms with Gasteiger partial charge in [-0.1, -0.05) is 30.0 Å². The Kier molecular flexibility index (Phi) is 5.95. The lowest BCUT2D eigenvalue weighted by molar-refractivity contribution is -0.122. The Morgan fingerprint density at radius 1 is 1.31 bits per heavy atom. The molecule has 0 atom stereocenters. The van der Waals surface area contributed by atoms with E-state index in [1.807, 2.05) is 18.2 Å². The zero-order valence-electron chi connectivity index (χ0n) is 14.1. The van der Waals surface area contributed by atoms with Crippen molar-refractivity contribution in [2.24, 2.45) is 0 Å². The van der Waals surface area contributed by atoms with Gasteiger partial charge in [-0.05, 0) is 39.7 Å². The predicted molar refractivity (Wildman–Crippen MR) is 110 cm³/mol. The molecule has 134 valence electrons. The van der Waals surface area contributed by atoms with Crippen LogP contribution in [0, 0.1) is 0 Å². The lowest BCUT2D eigenvalue weighted by Gasteiger charge is -2.14. The van der Waals surface area contributed by atoms with E-state index in [1.165, 1.54) is 11.8 Å². The predicted octanol–water partition coefficient (Wildman–Crippen LogP) is 4.26. The summed E-state index contributed by atoms with van der Waals surface area (Å²) >= 11 is 10.1. The summed E-state index contributed by atoms with van der Waals surface area (Å²) in [5, 5.41) is 0. The highest BCUT2D eigenvalue weighted by molar-refractivity contribution is 9.10. The molecule has 1 aromatic carbocycles. The molecular weight excluding hydrogens is 436 g/mol. The van der Waals surface area contributed by atoms with Crippen LogP contribution in [-0.4, -0.2) is 34.3 Å². The van der Waals surface area contributed by atoms with Gasteiger partial charge in [-0.2, -0.15) is 0 Å². The van der Waals surface area contributed by atoms with Crippen LogP contribution in [0.1, 0.15) is 11.1 Å². The average Bonchev–Trinajstić information content (AvgIpc) is 2.90. The van der Waals surface area contributed by atoms with Crippen LogP contribution in [0.15, 0.2) is 46.0 Å². The van der Waals surface area contributed by atoms with Crippen LogP contribution < -0.4 is 9.47 Å². The molecule has 1 aliphatic rings. The highest BCUT2D eigenvalue weighted by atomic mass is 79.9. The molecule has 1 saturated heterocycles. The van der Waals surface area contributed by atoms with E-state index in [9.17, 15) is 4.79 Å². The number of aromatic nitrogens is 1. The topological polar surface area (TPSA) is 51.7 Å². The number of pyridine rings is 1. The molecule has 0 bridgehead atoms. The molecule has 26 heavy (non-hydrogen) atoms. The fourth-order valence-electron chi connectivity index (χ4n) is 2.45. The molecule has 2 aromatic rings. The van der Waals surface area contributed by atoms with Crippen molar-refractivity contribution in [3.63, 3.8) is 0 Å². The van der Waals surface area contributed by atoms with Crippen molar-refractivity contribution in [2.75, 3.05) is 14.2 Å². The minimum Gasteiger partial charge on any atom is -0.496 e. The molecule has 5 nitrogen and oxygen atoms in total. The van der Waals surface area contributed by atoms with Gasteiger partial charge in [0.2, 0.25) is 0 Å². The van der Waals surface area contributed by atoms with Crippen molar-refractivity contribution in [2.45, 2.75) is 6.54 Å². The number of carbonyl (C=O) groups excluding carboxylic acids is 1. The van der Waals surface area contributed by atoms with Crippen LogP contribution >= 0.6 is 39.9 Å². The van der Waals surface area contributed by atoms with Crippen LogP contribution in [0.4, 0.5) is 0 Å². The third-order valence-electron chi connectivity index (χ3n) is 3.73. The Hall–Kier alpha value is -1.90. The molecule has 8 heteroatoms. The number of hydrogen-bond donors (Lipinski definition) is 0. The molecule has 0 spiro atoms. The van der Waals surface area contributed by atoms with Gasteiger partial charge in [0, 0.05) is 24.0 Å². The second-order valence-electron chi connectivity index (χ2n) is 5.36. The lowest BCUT2D eigenvalue weighted by atomic mass is 10.1. The maximum Gasteiger partial charge on any atom is 0.266 e. The van der Waals surface area contributed by atoms with Gasteiger partial charge in [0.05, 0.1) is 30.1 Å². The number of rotatable bonds is 5. The molecule has 0 aliphatic carbocycles. The van der Waals surface area contributed by atoms with Crippen molar-refractivity contribution in [3.8, 4) is 11.5 Å². The molecule has 1 aliphatic heterocycles. The number of benzene rings is 1. The number of nitrogens with zero attached hydrogens (tertiary/aromatic N) is 2. The molecule has 3 rings (SSSR count). The molecule has 2 heterocycles. The Balaban J connectivity index is 1.89. The summed E-state index contributed by atoms with van der Waals surface area (Å²) in [4.78, 5) is 19.0. The molecule has 1 aromatic heterocycles. The number of methoxy groups -OCH3 is 2. The highest BCUT2D eigenvalue weighted by Crippen LogP contribution is 2.38. The first-order valence-electron chi connectivity index (χ1n) is 7.59. The van der Waals surface area contributed by atoms with E-state index < -0.39 is 0 Å². The Morgan fingerprint density at radius 2 is 2.08 bits per heavy atom. The van der Waals surface area contributed by atoms with Gasteiger partial charge in [-0.15, -0.1) is 0 Å². The summed E-state index contributed by atoms with van der Waals surface area (Å²) in [7, 11) is 3.16. The van der Waals surface area contributed by atoms with E-state index >= 15 is 0 Å². The van der Waals surface area contributed by atoms with Crippen LogP contribution in [0.25, 0.3) is 6.08 Å². The monoisotopic (exact) mass is 450 g/mol. The molecule has 1 fully saturated rings. The summed E-state index contributed by atoms with van der Waals surface area (Å²) in [6.45, 7) is 0.402. The van der Waals surface area contributed by atoms with Gasteiger partial charge in [0.1, 0.15) is 15.8 Å². The van der Waals surface area contributed by atoms with E-state index in [1.54, 1.807) is 43.7 Å². The first-order chi connectivity index (χ1) is 12.5. The van der Waals surface area contributed by atoms with E-state index in [4.69, 9.17) is 21.7 Å². The summed E-state index contributed by atoms with van der Waals surface area (Å²) in [6.07, 6.45) is 5.21. The SMILES string of the molecule is COc1cc(OC)c(C=C2SC(=S)N(Cc3cccnc3)C2=O)cc1Br. The van der Waals surface area contributed by atoms with Crippen molar-refractivity contribution < 1.29 is 14.3 Å². The summed E-state index contributed by atoms with van der Waals surface area (Å²) in [5.41, 5.74) is 1.69. The first-order valence-corrected chi connectivity index (χ1v) is 9.61. The maximum atomic E-state index is 12.8. The quantitative estimate of drug-likeness (QED) is 0.500. The van der Waals surface area contributed by atoms with Crippen LogP contribution in [0.2, 0.25) is 0 Å². The van der Waals surface area contributed by atoms with Gasteiger partial charge in [0.25, 0.3) is 5.91 Å². The smallest absolute Gasteiger partial charge is 0.266 e. The van der Waals surface area contributed by atoms with Crippen molar-refractivity contribution in [3.05, 3.63) is 57.2 Å². The van der Waals surface area contributed by atoms with E-state index in [2.05, 4.69) is 20.9 Å². The fraction of sp³-hybridized carbons (Fsp3) is 0.167. The normalized spacial score (nSPS) is 15.7. The summed E-state index contributed by atoms with van der Waals surface area (Å²) < 4.78 is 12.0. The van der Waals surface area contributed by atoms with E-state index in [0.717, 1.165) is 15.6 Å². The van der Waals surface area contributed by atoms with Crippen LogP contribution in [0.3, 0.4) is 0 Å². The number of ether oxygens (including phenoxy) is 2. The molecule has 0 unspecified atom stereocenters. The van der Waals surface area contributed by atoms with Gasteiger partial charge in [0.15, 0.2) is 0 Å². The molecule has 0 N–H and O–H groups in total. The highest BCUT2D eigenvalue weighted by Gasteiger charge is 2.32. The third-order valence-corrected chi connectivity index (χ3v) is 5.73. The Morgan fingerprint density at radius 3 is 2.73 bits per heavy atom. The summed E-state index contributed by atoms with van der Waals surface area (Å²) in [5.74, 6) is 1.14. The number of hydrogen-bond acceptors (Lipinski definition) is 6. The van der Waals surface area contributed by atoms with E-state index in [0.29, 0.717) is 27.3 Å². The van der Waals surface area contributed by atoms with Gasteiger partial charge >= 0.3 is 0 Å². The van der Waals surface area contributed by atoms with Crippen molar-refractivity contribution in [1.29, 1.82) is 0 Å². The second kappa shape index (κ2) is 8.20. The maximum absolute atomic E-state index is 12.8. The van der Waals surface area contributed by atoms with Gasteiger partial charge < -0.3 is 9.47 Å². The summed E-state index contributed by atoms with van der Waals surface area (Å²) in [6, 6.07) is 7.37. The van der Waals surface area contributed by atoms with Crippen LogP contribution in [0.5, 0.6) is 11.5 Å². The number of amides is 1. The zero-order valence-corrected chi connectivity index (χ0v) is 17.3. The molecule has 0 radical (unpaired) electrons. The second-order valence-corrected chi connectivity index (χ2v) is 7.89. The Bertz CT molecular complexity index is 888. The largest absolute Gasteiger partial charge is 0.496 e. The average molecular weight is 451 g/mol. The molecule has 0 saturated carbocycles. The zero-order chi connectivity index (χ0) is 18.7. The van der Waals surface area contributed by atoms with E-state index in [-0.39, 0.29) is 5.91 Å². The minimum absolute atomic E-state index is 0.127. The number of thioether (sulfide) groups is 1. The fourth-order valence-corrected chi connectivity index (χ4v) is 4.22. The number of halogens is 1. The number of thiocarbonyl (C=S) groups is 1. The van der Waals surface area contributed by atoms with Gasteiger partial charge in [-0.25, -0.2) is 0 Å². The third kappa shape index (κ3) is 3.92. The van der Waals surface area contributed by atoms with Crippen molar-refractivity contribution in [1.82, 2.24) is 9.88 Å².